The number of benzene rings is 1. The molecule has 134 valence electrons. The number of carbonyl (C=O) groups excluding carboxylic acids is 1. The SMILES string of the molecule is CCc1ccccc1OCC(=O)N1CCCC(CNS(C)(=O)=O)C1. The lowest BCUT2D eigenvalue weighted by molar-refractivity contribution is -0.135. The van der Waals surface area contributed by atoms with Gasteiger partial charge < -0.3 is 9.64 Å². The van der Waals surface area contributed by atoms with Gasteiger partial charge in [0, 0.05) is 19.6 Å². The van der Waals surface area contributed by atoms with Crippen molar-refractivity contribution >= 4 is 15.9 Å². The second-order valence-corrected chi connectivity index (χ2v) is 8.05. The van der Waals surface area contributed by atoms with Crippen molar-refractivity contribution in [2.45, 2.75) is 26.2 Å². The first kappa shape index (κ1) is 18.7. The molecule has 0 saturated carbocycles. The van der Waals surface area contributed by atoms with Gasteiger partial charge in [-0.2, -0.15) is 0 Å². The molecule has 1 amide bonds. The number of hydrogen-bond acceptors (Lipinski definition) is 4. The van der Waals surface area contributed by atoms with Gasteiger partial charge in [-0.1, -0.05) is 25.1 Å². The molecule has 1 aromatic rings. The Morgan fingerprint density at radius 1 is 1.38 bits per heavy atom. The van der Waals surface area contributed by atoms with Gasteiger partial charge >= 0.3 is 0 Å². The zero-order chi connectivity index (χ0) is 17.6. The molecule has 2 rings (SSSR count). The molecule has 1 unspecified atom stereocenters. The van der Waals surface area contributed by atoms with Crippen LogP contribution in [0.25, 0.3) is 0 Å². The molecular weight excluding hydrogens is 328 g/mol. The van der Waals surface area contributed by atoms with E-state index in [2.05, 4.69) is 4.72 Å². The Morgan fingerprint density at radius 2 is 2.12 bits per heavy atom. The largest absolute Gasteiger partial charge is 0.483 e. The lowest BCUT2D eigenvalue weighted by atomic mass is 9.98. The van der Waals surface area contributed by atoms with Crippen molar-refractivity contribution in [1.82, 2.24) is 9.62 Å². The van der Waals surface area contributed by atoms with Crippen molar-refractivity contribution < 1.29 is 17.9 Å². The summed E-state index contributed by atoms with van der Waals surface area (Å²) in [6, 6.07) is 7.72. The fourth-order valence-corrected chi connectivity index (χ4v) is 3.43. The van der Waals surface area contributed by atoms with Gasteiger partial charge in [-0.15, -0.1) is 0 Å². The molecule has 0 aliphatic carbocycles. The van der Waals surface area contributed by atoms with Gasteiger partial charge in [0.25, 0.3) is 5.91 Å². The van der Waals surface area contributed by atoms with Crippen LogP contribution in [0.3, 0.4) is 0 Å². The zero-order valence-corrected chi connectivity index (χ0v) is 15.1. The van der Waals surface area contributed by atoms with E-state index in [1.54, 1.807) is 4.90 Å². The molecule has 1 aliphatic heterocycles. The Morgan fingerprint density at radius 3 is 2.83 bits per heavy atom. The number of nitrogens with zero attached hydrogens (tertiary/aromatic N) is 1. The average Bonchev–Trinajstić information content (AvgIpc) is 2.57. The Bertz CT molecular complexity index is 660. The number of amides is 1. The highest BCUT2D eigenvalue weighted by Gasteiger charge is 2.24. The first-order chi connectivity index (χ1) is 11.4. The standard InChI is InChI=1S/C17H26N2O4S/c1-3-15-8-4-5-9-16(15)23-13-17(20)19-10-6-7-14(12-19)11-18-24(2,21)22/h4-5,8-9,14,18H,3,6-7,10-13H2,1-2H3. The number of likely N-dealkylation sites (tertiary alicyclic amines) is 1. The highest BCUT2D eigenvalue weighted by atomic mass is 32.2. The summed E-state index contributed by atoms with van der Waals surface area (Å²) in [6.45, 7) is 3.71. The van der Waals surface area contributed by atoms with Crippen molar-refractivity contribution in [3.63, 3.8) is 0 Å². The van der Waals surface area contributed by atoms with Crippen molar-refractivity contribution in [1.29, 1.82) is 0 Å². The number of ether oxygens (including phenoxy) is 1. The van der Waals surface area contributed by atoms with Crippen LogP contribution in [-0.2, 0) is 21.2 Å². The summed E-state index contributed by atoms with van der Waals surface area (Å²) in [4.78, 5) is 14.2. The molecule has 7 heteroatoms. The van der Waals surface area contributed by atoms with E-state index in [1.807, 2.05) is 31.2 Å². The molecule has 0 radical (unpaired) electrons. The topological polar surface area (TPSA) is 75.7 Å². The van der Waals surface area contributed by atoms with Crippen LogP contribution in [-0.4, -0.2) is 51.7 Å². The van der Waals surface area contributed by atoms with Gasteiger partial charge in [-0.25, -0.2) is 13.1 Å². The summed E-state index contributed by atoms with van der Waals surface area (Å²) in [7, 11) is -3.19. The monoisotopic (exact) mass is 354 g/mol. The minimum Gasteiger partial charge on any atom is -0.483 e. The molecule has 1 aliphatic rings. The summed E-state index contributed by atoms with van der Waals surface area (Å²) >= 11 is 0. The third-order valence-electron chi connectivity index (χ3n) is 4.21. The Kier molecular flexibility index (Phi) is 6.62. The molecule has 1 atom stereocenters. The quantitative estimate of drug-likeness (QED) is 0.803. The van der Waals surface area contributed by atoms with Gasteiger partial charge in [-0.3, -0.25) is 4.79 Å². The number of rotatable bonds is 7. The van der Waals surface area contributed by atoms with Crippen LogP contribution in [0.1, 0.15) is 25.3 Å². The fourth-order valence-electron chi connectivity index (χ4n) is 2.89. The maximum absolute atomic E-state index is 12.4. The number of para-hydroxylation sites is 1. The molecule has 24 heavy (non-hydrogen) atoms. The van der Waals surface area contributed by atoms with Crippen LogP contribution in [0.15, 0.2) is 24.3 Å². The molecule has 0 aromatic heterocycles. The number of sulfonamides is 1. The predicted molar refractivity (Wildman–Crippen MR) is 93.5 cm³/mol. The normalized spacial score (nSPS) is 18.4. The van der Waals surface area contributed by atoms with E-state index in [-0.39, 0.29) is 18.4 Å². The first-order valence-electron chi connectivity index (χ1n) is 8.32. The molecule has 0 bridgehead atoms. The molecular formula is C17H26N2O4S. The number of hydrogen-bond donors (Lipinski definition) is 1. The lowest BCUT2D eigenvalue weighted by Crippen LogP contribution is -2.45. The summed E-state index contributed by atoms with van der Waals surface area (Å²) in [5.74, 6) is 0.853. The summed E-state index contributed by atoms with van der Waals surface area (Å²) < 4.78 is 30.6. The van der Waals surface area contributed by atoms with Crippen LogP contribution in [0.4, 0.5) is 0 Å². The van der Waals surface area contributed by atoms with Gasteiger partial charge in [0.05, 0.1) is 6.26 Å². The van der Waals surface area contributed by atoms with Gasteiger partial charge in [-0.05, 0) is 36.8 Å². The lowest BCUT2D eigenvalue weighted by Gasteiger charge is -2.32. The summed E-state index contributed by atoms with van der Waals surface area (Å²) in [6.07, 6.45) is 3.81. The Hall–Kier alpha value is -1.60. The number of aryl methyl sites for hydroxylation is 1. The Labute approximate surface area is 144 Å². The number of carbonyl (C=O) groups is 1. The fraction of sp³-hybridized carbons (Fsp3) is 0.588. The third-order valence-corrected chi connectivity index (χ3v) is 4.90. The second-order valence-electron chi connectivity index (χ2n) is 6.22. The van der Waals surface area contributed by atoms with Crippen LogP contribution in [0.2, 0.25) is 0 Å². The van der Waals surface area contributed by atoms with E-state index in [4.69, 9.17) is 4.74 Å². The van der Waals surface area contributed by atoms with Crippen LogP contribution in [0.5, 0.6) is 5.75 Å². The van der Waals surface area contributed by atoms with Crippen molar-refractivity contribution in [2.24, 2.45) is 5.92 Å². The van der Waals surface area contributed by atoms with Gasteiger partial charge in [0.15, 0.2) is 6.61 Å². The maximum Gasteiger partial charge on any atom is 0.260 e. The van der Waals surface area contributed by atoms with E-state index >= 15 is 0 Å². The number of nitrogens with one attached hydrogen (secondary N) is 1. The van der Waals surface area contributed by atoms with Crippen molar-refractivity contribution in [3.8, 4) is 5.75 Å². The molecule has 0 spiro atoms. The predicted octanol–water partition coefficient (Wildman–Crippen LogP) is 1.42. The molecule has 1 fully saturated rings. The van der Waals surface area contributed by atoms with Gasteiger partial charge in [0.1, 0.15) is 5.75 Å². The zero-order valence-electron chi connectivity index (χ0n) is 14.3. The molecule has 6 nitrogen and oxygen atoms in total. The molecule has 1 heterocycles. The second kappa shape index (κ2) is 8.48. The smallest absolute Gasteiger partial charge is 0.260 e. The minimum absolute atomic E-state index is 0.0171. The first-order valence-corrected chi connectivity index (χ1v) is 10.2. The van der Waals surface area contributed by atoms with E-state index in [1.165, 1.54) is 0 Å². The van der Waals surface area contributed by atoms with Gasteiger partial charge in [0.2, 0.25) is 10.0 Å². The average molecular weight is 354 g/mol. The highest BCUT2D eigenvalue weighted by molar-refractivity contribution is 7.88. The van der Waals surface area contributed by atoms with Crippen molar-refractivity contribution in [3.05, 3.63) is 29.8 Å². The van der Waals surface area contributed by atoms with Crippen LogP contribution >= 0.6 is 0 Å². The van der Waals surface area contributed by atoms with Crippen molar-refractivity contribution in [2.75, 3.05) is 32.5 Å². The number of piperidine rings is 1. The molecule has 1 aromatic carbocycles. The van der Waals surface area contributed by atoms with E-state index < -0.39 is 10.0 Å². The molecule has 1 saturated heterocycles. The van der Waals surface area contributed by atoms with E-state index in [9.17, 15) is 13.2 Å². The van der Waals surface area contributed by atoms with Crippen LogP contribution in [0, 0.1) is 5.92 Å². The maximum atomic E-state index is 12.4. The third kappa shape index (κ3) is 5.79. The summed E-state index contributed by atoms with van der Waals surface area (Å²) in [5, 5.41) is 0. The highest BCUT2D eigenvalue weighted by Crippen LogP contribution is 2.19. The van der Waals surface area contributed by atoms with Crippen LogP contribution < -0.4 is 9.46 Å². The Balaban J connectivity index is 1.85. The summed E-state index contributed by atoms with van der Waals surface area (Å²) in [5.41, 5.74) is 1.08. The van der Waals surface area contributed by atoms with E-state index in [0.717, 1.165) is 36.8 Å². The van der Waals surface area contributed by atoms with E-state index in [0.29, 0.717) is 19.6 Å². The minimum atomic E-state index is -3.19. The molecule has 1 N–H and O–H groups in total.